The van der Waals surface area contributed by atoms with Crippen LogP contribution in [0.2, 0.25) is 0 Å². The van der Waals surface area contributed by atoms with Crippen LogP contribution in [0.15, 0.2) is 10.7 Å². The molecule has 0 aliphatic carbocycles. The Hall–Kier alpha value is -0.640. The lowest BCUT2D eigenvalue weighted by molar-refractivity contribution is 1.02. The molecule has 0 unspecified atom stereocenters. The van der Waals surface area contributed by atoms with E-state index in [9.17, 15) is 0 Å². The van der Waals surface area contributed by atoms with E-state index in [1.165, 1.54) is 0 Å². The fraction of sp³-hybridized carbons (Fsp3) is 0.429. The van der Waals surface area contributed by atoms with Gasteiger partial charge in [0, 0.05) is 12.7 Å². The molecule has 0 atom stereocenters. The Morgan fingerprint density at radius 3 is 3.00 bits per heavy atom. The zero-order valence-electron chi connectivity index (χ0n) is 6.56. The van der Waals surface area contributed by atoms with Crippen LogP contribution in [-0.4, -0.2) is 16.5 Å². The quantitative estimate of drug-likeness (QED) is 0.821. The molecule has 60 valence electrons. The lowest BCUT2D eigenvalue weighted by atomic mass is 10.5. The molecule has 1 N–H and O–H groups in total. The lowest BCUT2D eigenvalue weighted by Crippen LogP contribution is -2.01. The van der Waals surface area contributed by atoms with Crippen LogP contribution in [0.4, 0.5) is 5.82 Å². The highest BCUT2D eigenvalue weighted by Gasteiger charge is 1.99. The molecule has 0 aliphatic heterocycles. The minimum Gasteiger partial charge on any atom is -0.369 e. The van der Waals surface area contributed by atoms with Crippen molar-refractivity contribution in [2.45, 2.75) is 13.8 Å². The van der Waals surface area contributed by atoms with E-state index in [1.54, 1.807) is 6.20 Å². The first kappa shape index (κ1) is 8.46. The van der Waals surface area contributed by atoms with E-state index in [-0.39, 0.29) is 0 Å². The standard InChI is InChI=1S/C7H10BrN3/c1-3-9-7-6(8)4-10-5(2)11-7/h4H,3H2,1-2H3,(H,9,10,11). The van der Waals surface area contributed by atoms with Gasteiger partial charge in [0.2, 0.25) is 0 Å². The average Bonchev–Trinajstić information content (AvgIpc) is 1.98. The maximum atomic E-state index is 4.19. The molecule has 11 heavy (non-hydrogen) atoms. The maximum Gasteiger partial charge on any atom is 0.144 e. The zero-order valence-corrected chi connectivity index (χ0v) is 8.14. The summed E-state index contributed by atoms with van der Waals surface area (Å²) in [5.41, 5.74) is 0. The van der Waals surface area contributed by atoms with Crippen LogP contribution in [0.1, 0.15) is 12.7 Å². The Morgan fingerprint density at radius 2 is 2.36 bits per heavy atom. The molecule has 0 fully saturated rings. The molecule has 1 rings (SSSR count). The summed E-state index contributed by atoms with van der Waals surface area (Å²) in [4.78, 5) is 8.22. The van der Waals surface area contributed by atoms with Gasteiger partial charge >= 0.3 is 0 Å². The molecule has 0 saturated heterocycles. The Bertz CT molecular complexity index is 249. The Kier molecular flexibility index (Phi) is 2.82. The number of aromatic nitrogens is 2. The molecule has 1 aromatic heterocycles. The van der Waals surface area contributed by atoms with Crippen LogP contribution in [0.5, 0.6) is 0 Å². The SMILES string of the molecule is CCNc1nc(C)ncc1Br. The predicted octanol–water partition coefficient (Wildman–Crippen LogP) is 1.98. The molecular formula is C7H10BrN3. The lowest BCUT2D eigenvalue weighted by Gasteiger charge is -2.03. The monoisotopic (exact) mass is 215 g/mol. The van der Waals surface area contributed by atoms with Crippen LogP contribution in [0.25, 0.3) is 0 Å². The van der Waals surface area contributed by atoms with Crippen molar-refractivity contribution in [3.05, 3.63) is 16.5 Å². The number of aryl methyl sites for hydroxylation is 1. The summed E-state index contributed by atoms with van der Waals surface area (Å²) >= 11 is 3.34. The van der Waals surface area contributed by atoms with E-state index >= 15 is 0 Å². The van der Waals surface area contributed by atoms with Crippen LogP contribution >= 0.6 is 15.9 Å². The minimum atomic E-state index is 0.782. The van der Waals surface area contributed by atoms with Crippen LogP contribution in [-0.2, 0) is 0 Å². The molecule has 4 heteroatoms. The summed E-state index contributed by atoms with van der Waals surface area (Å²) in [5.74, 6) is 1.64. The third-order valence-electron chi connectivity index (χ3n) is 1.21. The number of hydrogen-bond acceptors (Lipinski definition) is 3. The molecule has 0 saturated carbocycles. The first-order chi connectivity index (χ1) is 5.24. The van der Waals surface area contributed by atoms with E-state index in [0.29, 0.717) is 0 Å². The van der Waals surface area contributed by atoms with Gasteiger partial charge in [-0.2, -0.15) is 0 Å². The van der Waals surface area contributed by atoms with Gasteiger partial charge in [-0.3, -0.25) is 0 Å². The molecule has 0 bridgehead atoms. The molecular weight excluding hydrogens is 206 g/mol. The van der Waals surface area contributed by atoms with Gasteiger partial charge in [-0.15, -0.1) is 0 Å². The number of halogens is 1. The van der Waals surface area contributed by atoms with Crippen molar-refractivity contribution in [2.24, 2.45) is 0 Å². The van der Waals surface area contributed by atoms with Gasteiger partial charge < -0.3 is 5.32 Å². The normalized spacial score (nSPS) is 9.73. The van der Waals surface area contributed by atoms with Crippen LogP contribution < -0.4 is 5.32 Å². The van der Waals surface area contributed by atoms with Gasteiger partial charge in [0.25, 0.3) is 0 Å². The second-order valence-corrected chi connectivity index (χ2v) is 3.00. The number of nitrogens with zero attached hydrogens (tertiary/aromatic N) is 2. The molecule has 3 nitrogen and oxygen atoms in total. The van der Waals surface area contributed by atoms with Crippen LogP contribution in [0.3, 0.4) is 0 Å². The van der Waals surface area contributed by atoms with Gasteiger partial charge in [0.15, 0.2) is 0 Å². The summed E-state index contributed by atoms with van der Waals surface area (Å²) in [6, 6.07) is 0. The first-order valence-corrected chi connectivity index (χ1v) is 4.26. The highest BCUT2D eigenvalue weighted by atomic mass is 79.9. The first-order valence-electron chi connectivity index (χ1n) is 3.47. The van der Waals surface area contributed by atoms with Crippen molar-refractivity contribution in [1.82, 2.24) is 9.97 Å². The summed E-state index contributed by atoms with van der Waals surface area (Å²) < 4.78 is 0.907. The summed E-state index contributed by atoms with van der Waals surface area (Å²) in [5, 5.41) is 3.12. The number of rotatable bonds is 2. The largest absolute Gasteiger partial charge is 0.369 e. The van der Waals surface area contributed by atoms with E-state index in [4.69, 9.17) is 0 Å². The second kappa shape index (κ2) is 3.67. The topological polar surface area (TPSA) is 37.8 Å². The summed E-state index contributed by atoms with van der Waals surface area (Å²) in [6.07, 6.45) is 1.75. The fourth-order valence-electron chi connectivity index (χ4n) is 0.747. The van der Waals surface area contributed by atoms with E-state index in [1.807, 2.05) is 13.8 Å². The maximum absolute atomic E-state index is 4.19. The number of hydrogen-bond donors (Lipinski definition) is 1. The van der Waals surface area contributed by atoms with Crippen molar-refractivity contribution in [2.75, 3.05) is 11.9 Å². The van der Waals surface area contributed by atoms with Crippen molar-refractivity contribution < 1.29 is 0 Å². The van der Waals surface area contributed by atoms with Gasteiger partial charge in [-0.05, 0) is 29.8 Å². The molecule has 0 radical (unpaired) electrons. The van der Waals surface area contributed by atoms with Gasteiger partial charge in [-0.25, -0.2) is 9.97 Å². The highest BCUT2D eigenvalue weighted by molar-refractivity contribution is 9.10. The van der Waals surface area contributed by atoms with Crippen molar-refractivity contribution in [3.8, 4) is 0 Å². The summed E-state index contributed by atoms with van der Waals surface area (Å²) in [7, 11) is 0. The molecule has 0 aliphatic rings. The van der Waals surface area contributed by atoms with E-state index in [0.717, 1.165) is 22.7 Å². The smallest absolute Gasteiger partial charge is 0.144 e. The van der Waals surface area contributed by atoms with Crippen molar-refractivity contribution in [1.29, 1.82) is 0 Å². The van der Waals surface area contributed by atoms with Crippen LogP contribution in [0, 0.1) is 6.92 Å². The Morgan fingerprint density at radius 1 is 1.64 bits per heavy atom. The Balaban J connectivity index is 2.93. The fourth-order valence-corrected chi connectivity index (χ4v) is 1.08. The molecule has 0 spiro atoms. The number of nitrogens with one attached hydrogen (secondary N) is 1. The van der Waals surface area contributed by atoms with E-state index < -0.39 is 0 Å². The zero-order chi connectivity index (χ0) is 8.27. The number of anilines is 1. The third-order valence-corrected chi connectivity index (χ3v) is 1.79. The third kappa shape index (κ3) is 2.15. The Labute approximate surface area is 74.4 Å². The molecule has 1 aromatic rings. The predicted molar refractivity (Wildman–Crippen MR) is 48.6 cm³/mol. The van der Waals surface area contributed by atoms with Gasteiger partial charge in [0.1, 0.15) is 11.6 Å². The minimum absolute atomic E-state index is 0.782. The summed E-state index contributed by atoms with van der Waals surface area (Å²) in [6.45, 7) is 4.77. The van der Waals surface area contributed by atoms with Crippen molar-refractivity contribution >= 4 is 21.7 Å². The average molecular weight is 216 g/mol. The highest BCUT2D eigenvalue weighted by Crippen LogP contribution is 2.17. The molecule has 1 heterocycles. The van der Waals surface area contributed by atoms with E-state index in [2.05, 4.69) is 31.2 Å². The molecule has 0 aromatic carbocycles. The second-order valence-electron chi connectivity index (χ2n) is 2.14. The van der Waals surface area contributed by atoms with Gasteiger partial charge in [0.05, 0.1) is 4.47 Å². The van der Waals surface area contributed by atoms with Gasteiger partial charge in [-0.1, -0.05) is 0 Å². The molecule has 0 amide bonds. The van der Waals surface area contributed by atoms with Crippen molar-refractivity contribution in [3.63, 3.8) is 0 Å².